The summed E-state index contributed by atoms with van der Waals surface area (Å²) in [5.41, 5.74) is -0.170. The van der Waals surface area contributed by atoms with Gasteiger partial charge in [0.1, 0.15) is 5.78 Å². The first-order valence-corrected chi connectivity index (χ1v) is 14.3. The van der Waals surface area contributed by atoms with Crippen molar-refractivity contribution < 1.29 is 20.1 Å². The minimum atomic E-state index is -1.01. The van der Waals surface area contributed by atoms with E-state index in [1.807, 2.05) is 20.8 Å². The van der Waals surface area contributed by atoms with Crippen LogP contribution in [0.5, 0.6) is 0 Å². The van der Waals surface area contributed by atoms with Crippen molar-refractivity contribution in [1.82, 2.24) is 0 Å². The second kappa shape index (κ2) is 8.52. The molecule has 4 aliphatic carbocycles. The van der Waals surface area contributed by atoms with Crippen molar-refractivity contribution in [1.29, 1.82) is 0 Å². The molecule has 3 fully saturated rings. The maximum absolute atomic E-state index is 14.2. The quantitative estimate of drug-likeness (QED) is 0.408. The fraction of sp³-hybridized carbons (Fsp3) is 0.844. The number of carbonyl (C=O) groups excluding carboxylic acids is 1. The third kappa shape index (κ3) is 3.83. The molecule has 204 valence electrons. The van der Waals surface area contributed by atoms with Gasteiger partial charge in [-0.25, -0.2) is 0 Å². The molecule has 0 spiro atoms. The number of aliphatic hydroxyl groups excluding tert-OH is 2. The highest BCUT2D eigenvalue weighted by Crippen LogP contribution is 2.69. The van der Waals surface area contributed by atoms with E-state index in [2.05, 4.69) is 54.2 Å². The summed E-state index contributed by atoms with van der Waals surface area (Å²) in [6, 6.07) is 0. The van der Waals surface area contributed by atoms with Crippen LogP contribution in [0.25, 0.3) is 0 Å². The van der Waals surface area contributed by atoms with Crippen LogP contribution in [0.3, 0.4) is 0 Å². The van der Waals surface area contributed by atoms with Crippen LogP contribution in [-0.4, -0.2) is 38.9 Å². The minimum Gasteiger partial charge on any atom is -0.390 e. The predicted molar refractivity (Wildman–Crippen MR) is 145 cm³/mol. The molecule has 3 N–H and O–H groups in total. The third-order valence-electron chi connectivity index (χ3n) is 12.2. The Kier molecular flexibility index (Phi) is 6.63. The molecule has 10 unspecified atom stereocenters. The molecule has 10 atom stereocenters. The van der Waals surface area contributed by atoms with Gasteiger partial charge in [-0.15, -0.1) is 0 Å². The lowest BCUT2D eigenvalue weighted by atomic mass is 9.42. The second-order valence-corrected chi connectivity index (χ2v) is 15.4. The van der Waals surface area contributed by atoms with Crippen LogP contribution in [0.15, 0.2) is 23.8 Å². The minimum absolute atomic E-state index is 0.00348. The fourth-order valence-corrected chi connectivity index (χ4v) is 9.08. The number of ketones is 1. The Bertz CT molecular complexity index is 952. The first-order chi connectivity index (χ1) is 16.3. The molecule has 4 aliphatic rings. The number of rotatable bonds is 4. The van der Waals surface area contributed by atoms with Crippen molar-refractivity contribution in [3.05, 3.63) is 23.8 Å². The Hall–Kier alpha value is -0.970. The summed E-state index contributed by atoms with van der Waals surface area (Å²) < 4.78 is 0. The number of fused-ring (bicyclic) bond motifs is 5. The monoisotopic (exact) mass is 500 g/mol. The van der Waals surface area contributed by atoms with Crippen LogP contribution in [0.1, 0.15) is 101 Å². The topological polar surface area (TPSA) is 77.8 Å². The van der Waals surface area contributed by atoms with Gasteiger partial charge in [-0.05, 0) is 85.0 Å². The van der Waals surface area contributed by atoms with Crippen LogP contribution in [0.2, 0.25) is 0 Å². The van der Waals surface area contributed by atoms with Gasteiger partial charge in [-0.2, -0.15) is 0 Å². The number of hydrogen-bond acceptors (Lipinski definition) is 4. The van der Waals surface area contributed by atoms with E-state index in [1.165, 1.54) is 0 Å². The molecule has 0 heterocycles. The molecule has 0 aromatic heterocycles. The predicted octanol–water partition coefficient (Wildman–Crippen LogP) is 6.09. The molecule has 36 heavy (non-hydrogen) atoms. The molecule has 0 aliphatic heterocycles. The number of aliphatic hydroxyl groups is 3. The van der Waals surface area contributed by atoms with E-state index in [0.717, 1.165) is 36.8 Å². The van der Waals surface area contributed by atoms with Gasteiger partial charge in [0.15, 0.2) is 0 Å². The lowest BCUT2D eigenvalue weighted by Gasteiger charge is -2.61. The smallest absolute Gasteiger partial charge is 0.140 e. The van der Waals surface area contributed by atoms with E-state index in [1.54, 1.807) is 0 Å². The summed E-state index contributed by atoms with van der Waals surface area (Å²) in [5, 5.41) is 33.5. The standard InChI is InChI=1S/C32H52O4/c1-18(28(3,4)5)15-19(2)32(10,36)25-14-13-21-22-12-11-20-23(16-24(33)27(35)29(20,6)7)31(22,9)26(34)17-30(21,25)8/h11,18,21-25,27,33,35-36H,2,12-17H2,1,3-10H3. The molecule has 3 saturated carbocycles. The first-order valence-electron chi connectivity index (χ1n) is 14.3. The van der Waals surface area contributed by atoms with Crippen LogP contribution in [-0.2, 0) is 4.79 Å². The first kappa shape index (κ1) is 28.0. The van der Waals surface area contributed by atoms with E-state index in [9.17, 15) is 20.1 Å². The van der Waals surface area contributed by atoms with Crippen LogP contribution in [0, 0.1) is 51.2 Å². The number of allylic oxidation sites excluding steroid dienone is 1. The number of Topliss-reactive ketones (excluding diaryl/α,β-unsaturated/α-hetero) is 1. The van der Waals surface area contributed by atoms with Gasteiger partial charge in [-0.1, -0.05) is 73.6 Å². The number of hydrogen-bond donors (Lipinski definition) is 3. The maximum Gasteiger partial charge on any atom is 0.140 e. The summed E-state index contributed by atoms with van der Waals surface area (Å²) in [4.78, 5) is 14.2. The van der Waals surface area contributed by atoms with Gasteiger partial charge in [-0.3, -0.25) is 4.79 Å². The Morgan fingerprint density at radius 3 is 2.31 bits per heavy atom. The zero-order valence-electron chi connectivity index (χ0n) is 24.3. The van der Waals surface area contributed by atoms with Gasteiger partial charge in [0, 0.05) is 17.3 Å². The average Bonchev–Trinajstić information content (AvgIpc) is 3.09. The Balaban J connectivity index is 1.67. The lowest BCUT2D eigenvalue weighted by molar-refractivity contribution is -0.165. The molecule has 0 amide bonds. The number of carbonyl (C=O) groups is 1. The van der Waals surface area contributed by atoms with Crippen molar-refractivity contribution in [2.75, 3.05) is 0 Å². The van der Waals surface area contributed by atoms with Crippen molar-refractivity contribution in [3.63, 3.8) is 0 Å². The largest absolute Gasteiger partial charge is 0.390 e. The highest BCUT2D eigenvalue weighted by Gasteiger charge is 2.67. The Labute approximate surface area is 219 Å². The molecule has 4 rings (SSSR count). The summed E-state index contributed by atoms with van der Waals surface area (Å²) in [5.74, 6) is 1.18. The summed E-state index contributed by atoms with van der Waals surface area (Å²) in [7, 11) is 0. The summed E-state index contributed by atoms with van der Waals surface area (Å²) in [6.07, 6.45) is 5.12. The second-order valence-electron chi connectivity index (χ2n) is 15.4. The van der Waals surface area contributed by atoms with Gasteiger partial charge >= 0.3 is 0 Å². The molecule has 0 radical (unpaired) electrons. The average molecular weight is 501 g/mol. The van der Waals surface area contributed by atoms with Gasteiger partial charge in [0.05, 0.1) is 17.8 Å². The van der Waals surface area contributed by atoms with Gasteiger partial charge in [0.2, 0.25) is 0 Å². The molecule has 0 aromatic rings. The zero-order chi connectivity index (χ0) is 27.2. The van der Waals surface area contributed by atoms with Gasteiger partial charge in [0.25, 0.3) is 0 Å². The highest BCUT2D eigenvalue weighted by molar-refractivity contribution is 5.88. The molecule has 0 aromatic carbocycles. The molecular formula is C32H52O4. The molecule has 4 heteroatoms. The molecular weight excluding hydrogens is 448 g/mol. The van der Waals surface area contributed by atoms with Crippen LogP contribution in [0.4, 0.5) is 0 Å². The van der Waals surface area contributed by atoms with Crippen molar-refractivity contribution in [2.45, 2.75) is 119 Å². The molecule has 4 nitrogen and oxygen atoms in total. The van der Waals surface area contributed by atoms with Crippen LogP contribution >= 0.6 is 0 Å². The maximum atomic E-state index is 14.2. The van der Waals surface area contributed by atoms with E-state index in [-0.39, 0.29) is 34.4 Å². The van der Waals surface area contributed by atoms with Gasteiger partial charge < -0.3 is 15.3 Å². The van der Waals surface area contributed by atoms with E-state index < -0.39 is 28.6 Å². The SMILES string of the molecule is C=C(CC(C)C(C)(C)C)C(C)(O)C1CCC2C3CC=C4C(CC(O)C(O)C4(C)C)C3(C)C(=O)CC21C. The highest BCUT2D eigenvalue weighted by atomic mass is 16.3. The van der Waals surface area contributed by atoms with E-state index in [0.29, 0.717) is 24.7 Å². The Morgan fingerprint density at radius 2 is 1.72 bits per heavy atom. The lowest BCUT2D eigenvalue weighted by Crippen LogP contribution is -2.62. The third-order valence-corrected chi connectivity index (χ3v) is 12.2. The van der Waals surface area contributed by atoms with Crippen molar-refractivity contribution in [2.24, 2.45) is 51.2 Å². The van der Waals surface area contributed by atoms with E-state index in [4.69, 9.17) is 0 Å². The normalized spacial score (nSPS) is 44.6. The Morgan fingerprint density at radius 1 is 1.11 bits per heavy atom. The van der Waals surface area contributed by atoms with Crippen LogP contribution < -0.4 is 0 Å². The molecule has 0 saturated heterocycles. The summed E-state index contributed by atoms with van der Waals surface area (Å²) in [6.45, 7) is 23.7. The fourth-order valence-electron chi connectivity index (χ4n) is 9.08. The zero-order valence-corrected chi connectivity index (χ0v) is 24.3. The molecule has 0 bridgehead atoms. The van der Waals surface area contributed by atoms with Crippen molar-refractivity contribution >= 4 is 5.78 Å². The van der Waals surface area contributed by atoms with E-state index >= 15 is 0 Å². The van der Waals surface area contributed by atoms with Crippen molar-refractivity contribution in [3.8, 4) is 0 Å². The summed E-state index contributed by atoms with van der Waals surface area (Å²) >= 11 is 0.